The lowest BCUT2D eigenvalue weighted by atomic mass is 9.93. The van der Waals surface area contributed by atoms with Crippen LogP contribution in [0.1, 0.15) is 169 Å². The Hall–Kier alpha value is -0.440. The molecule has 0 aliphatic heterocycles. The Labute approximate surface area is 192 Å². The predicted octanol–water partition coefficient (Wildman–Crippen LogP) is 10.9. The summed E-state index contributed by atoms with van der Waals surface area (Å²) in [5.41, 5.74) is 0. The monoisotopic (exact) mass is 418 g/mol. The molecule has 0 aromatic carbocycles. The second-order valence-corrected chi connectivity index (χ2v) is 9.80. The smallest absolute Gasteiger partial charge is 0.00886 e. The van der Waals surface area contributed by atoms with E-state index in [1.165, 1.54) is 128 Å². The summed E-state index contributed by atoms with van der Waals surface area (Å²) >= 11 is 0. The van der Waals surface area contributed by atoms with Crippen LogP contribution in [0.3, 0.4) is 0 Å². The van der Waals surface area contributed by atoms with Crippen molar-refractivity contribution in [1.82, 2.24) is 0 Å². The molecule has 0 fully saturated rings. The Morgan fingerprint density at radius 3 is 1.13 bits per heavy atom. The lowest BCUT2D eigenvalue weighted by Gasteiger charge is -2.13. The highest BCUT2D eigenvalue weighted by Gasteiger charge is 2.05. The van der Waals surface area contributed by atoms with Crippen LogP contribution in [0.4, 0.5) is 0 Å². The molecule has 0 saturated carbocycles. The molecule has 178 valence electrons. The SMILES string of the molecule is CCCCC(CC)CCCCCC#CCCCCCCCCCC(CC)CCCC. The van der Waals surface area contributed by atoms with Crippen LogP contribution in [0, 0.1) is 23.7 Å². The first-order valence-corrected chi connectivity index (χ1v) is 14.2. The molecular formula is C30H58. The summed E-state index contributed by atoms with van der Waals surface area (Å²) in [6.07, 6.45) is 30.5. The van der Waals surface area contributed by atoms with E-state index < -0.39 is 0 Å². The predicted molar refractivity (Wildman–Crippen MR) is 139 cm³/mol. The summed E-state index contributed by atoms with van der Waals surface area (Å²) in [4.78, 5) is 0. The van der Waals surface area contributed by atoms with Gasteiger partial charge in [-0.25, -0.2) is 0 Å². The quantitative estimate of drug-likeness (QED) is 0.121. The minimum atomic E-state index is 0.982. The Balaban J connectivity index is 3.35. The van der Waals surface area contributed by atoms with Gasteiger partial charge in [0.1, 0.15) is 0 Å². The van der Waals surface area contributed by atoms with E-state index in [0.29, 0.717) is 0 Å². The molecule has 0 radical (unpaired) electrons. The highest BCUT2D eigenvalue weighted by molar-refractivity contribution is 4.98. The van der Waals surface area contributed by atoms with Crippen molar-refractivity contribution in [2.24, 2.45) is 11.8 Å². The van der Waals surface area contributed by atoms with E-state index >= 15 is 0 Å². The highest BCUT2D eigenvalue weighted by Crippen LogP contribution is 2.21. The second-order valence-electron chi connectivity index (χ2n) is 9.80. The average molecular weight is 419 g/mol. The van der Waals surface area contributed by atoms with Gasteiger partial charge in [-0.1, -0.05) is 143 Å². The van der Waals surface area contributed by atoms with Gasteiger partial charge in [-0.05, 0) is 24.7 Å². The molecule has 0 aromatic heterocycles. The number of hydrogen-bond donors (Lipinski definition) is 0. The summed E-state index contributed by atoms with van der Waals surface area (Å²) < 4.78 is 0. The summed E-state index contributed by atoms with van der Waals surface area (Å²) in [5, 5.41) is 0. The molecule has 2 unspecified atom stereocenters. The van der Waals surface area contributed by atoms with Crippen molar-refractivity contribution in [2.75, 3.05) is 0 Å². The van der Waals surface area contributed by atoms with Crippen LogP contribution in [0.15, 0.2) is 0 Å². The lowest BCUT2D eigenvalue weighted by Crippen LogP contribution is -1.98. The van der Waals surface area contributed by atoms with Gasteiger partial charge in [-0.15, -0.1) is 11.8 Å². The van der Waals surface area contributed by atoms with Gasteiger partial charge in [0.25, 0.3) is 0 Å². The number of unbranched alkanes of at least 4 members (excludes halogenated alkanes) is 12. The Morgan fingerprint density at radius 2 is 0.733 bits per heavy atom. The largest absolute Gasteiger partial charge is 0.103 e. The first kappa shape index (κ1) is 29.6. The molecule has 0 nitrogen and oxygen atoms in total. The van der Waals surface area contributed by atoms with Crippen LogP contribution in [-0.2, 0) is 0 Å². The molecule has 0 amide bonds. The Bertz CT molecular complexity index is 371. The first-order valence-electron chi connectivity index (χ1n) is 14.2. The van der Waals surface area contributed by atoms with Crippen LogP contribution in [0.2, 0.25) is 0 Å². The molecule has 0 saturated heterocycles. The van der Waals surface area contributed by atoms with Crippen LogP contribution in [-0.4, -0.2) is 0 Å². The zero-order valence-electron chi connectivity index (χ0n) is 21.7. The molecule has 2 atom stereocenters. The van der Waals surface area contributed by atoms with Gasteiger partial charge in [-0.2, -0.15) is 0 Å². The van der Waals surface area contributed by atoms with Crippen molar-refractivity contribution in [1.29, 1.82) is 0 Å². The van der Waals surface area contributed by atoms with Crippen LogP contribution in [0.5, 0.6) is 0 Å². The standard InChI is InChI=1S/C30H58/c1-5-9-25-29(7-3)27-23-21-19-17-15-13-11-12-14-16-18-20-22-24-28-30(8-4)26-10-6-2/h29-30H,5-13,15,17-28H2,1-4H3. The van der Waals surface area contributed by atoms with E-state index in [1.54, 1.807) is 0 Å². The molecule has 0 aliphatic rings. The summed E-state index contributed by atoms with van der Waals surface area (Å²) in [6, 6.07) is 0. The molecule has 0 bridgehead atoms. The van der Waals surface area contributed by atoms with Gasteiger partial charge in [-0.3, -0.25) is 0 Å². The van der Waals surface area contributed by atoms with Crippen molar-refractivity contribution < 1.29 is 0 Å². The van der Waals surface area contributed by atoms with E-state index in [2.05, 4.69) is 39.5 Å². The third-order valence-electron chi connectivity index (χ3n) is 7.04. The van der Waals surface area contributed by atoms with Crippen molar-refractivity contribution in [2.45, 2.75) is 169 Å². The average Bonchev–Trinajstić information content (AvgIpc) is 2.77. The van der Waals surface area contributed by atoms with Gasteiger partial charge < -0.3 is 0 Å². The molecule has 0 aliphatic carbocycles. The van der Waals surface area contributed by atoms with Gasteiger partial charge in [0.15, 0.2) is 0 Å². The zero-order valence-corrected chi connectivity index (χ0v) is 21.7. The van der Waals surface area contributed by atoms with Gasteiger partial charge >= 0.3 is 0 Å². The Morgan fingerprint density at radius 1 is 0.400 bits per heavy atom. The fourth-order valence-corrected chi connectivity index (χ4v) is 4.62. The zero-order chi connectivity index (χ0) is 22.1. The van der Waals surface area contributed by atoms with Crippen molar-refractivity contribution >= 4 is 0 Å². The molecule has 0 heterocycles. The minimum absolute atomic E-state index is 0.982. The molecule has 0 aromatic rings. The molecule has 0 heteroatoms. The fraction of sp³-hybridized carbons (Fsp3) is 0.933. The van der Waals surface area contributed by atoms with Gasteiger partial charge in [0.05, 0.1) is 0 Å². The van der Waals surface area contributed by atoms with E-state index in [-0.39, 0.29) is 0 Å². The maximum absolute atomic E-state index is 3.42. The highest BCUT2D eigenvalue weighted by atomic mass is 14.1. The van der Waals surface area contributed by atoms with Crippen molar-refractivity contribution in [3.05, 3.63) is 0 Å². The molecule has 0 N–H and O–H groups in total. The summed E-state index contributed by atoms with van der Waals surface area (Å²) in [5.74, 6) is 8.83. The maximum atomic E-state index is 3.42. The van der Waals surface area contributed by atoms with E-state index in [1.807, 2.05) is 0 Å². The van der Waals surface area contributed by atoms with Crippen LogP contribution in [0.25, 0.3) is 0 Å². The van der Waals surface area contributed by atoms with Crippen molar-refractivity contribution in [3.8, 4) is 11.8 Å². The number of rotatable bonds is 22. The maximum Gasteiger partial charge on any atom is 0.00886 e. The summed E-state index contributed by atoms with van der Waals surface area (Å²) in [7, 11) is 0. The molecule has 0 spiro atoms. The molecular weight excluding hydrogens is 360 g/mol. The molecule has 0 rings (SSSR count). The topological polar surface area (TPSA) is 0 Å². The van der Waals surface area contributed by atoms with Gasteiger partial charge in [0, 0.05) is 12.8 Å². The van der Waals surface area contributed by atoms with Crippen LogP contribution >= 0.6 is 0 Å². The molecule has 30 heavy (non-hydrogen) atoms. The first-order chi connectivity index (χ1) is 14.8. The van der Waals surface area contributed by atoms with E-state index in [4.69, 9.17) is 0 Å². The second kappa shape index (κ2) is 24.8. The fourth-order valence-electron chi connectivity index (χ4n) is 4.62. The third kappa shape index (κ3) is 20.8. The minimum Gasteiger partial charge on any atom is -0.103 e. The third-order valence-corrected chi connectivity index (χ3v) is 7.04. The van der Waals surface area contributed by atoms with Crippen LogP contribution < -0.4 is 0 Å². The normalized spacial score (nSPS) is 13.1. The van der Waals surface area contributed by atoms with Crippen molar-refractivity contribution in [3.63, 3.8) is 0 Å². The van der Waals surface area contributed by atoms with Gasteiger partial charge in [0.2, 0.25) is 0 Å². The number of hydrogen-bond acceptors (Lipinski definition) is 0. The lowest BCUT2D eigenvalue weighted by molar-refractivity contribution is 0.399. The summed E-state index contributed by atoms with van der Waals surface area (Å²) in [6.45, 7) is 9.37. The van der Waals surface area contributed by atoms with E-state index in [9.17, 15) is 0 Å². The van der Waals surface area contributed by atoms with E-state index in [0.717, 1.165) is 24.7 Å². The Kier molecular flexibility index (Phi) is 24.5.